The maximum Gasteiger partial charge on any atom is 0.191 e. The van der Waals surface area contributed by atoms with Crippen molar-refractivity contribution >= 4 is 17.7 Å². The minimum Gasteiger partial charge on any atom is -0.357 e. The predicted molar refractivity (Wildman–Crippen MR) is 122 cm³/mol. The average Bonchev–Trinajstić information content (AvgIpc) is 3.18. The molecule has 0 saturated heterocycles. The van der Waals surface area contributed by atoms with E-state index >= 15 is 0 Å². The molecule has 1 aromatic heterocycles. The number of nitrogens with one attached hydrogen (secondary N) is 2. The van der Waals surface area contributed by atoms with Gasteiger partial charge in [-0.05, 0) is 24.6 Å². The van der Waals surface area contributed by atoms with Crippen LogP contribution in [0.3, 0.4) is 0 Å². The number of hydrogen-bond acceptors (Lipinski definition) is 3. The van der Waals surface area contributed by atoms with Crippen LogP contribution < -0.4 is 10.6 Å². The lowest BCUT2D eigenvalue weighted by Crippen LogP contribution is -2.40. The van der Waals surface area contributed by atoms with Crippen molar-refractivity contribution in [2.45, 2.75) is 37.1 Å². The molecule has 0 amide bonds. The van der Waals surface area contributed by atoms with Crippen LogP contribution in [0, 0.1) is 0 Å². The van der Waals surface area contributed by atoms with E-state index in [9.17, 15) is 0 Å². The Morgan fingerprint density at radius 3 is 2.52 bits per heavy atom. The highest BCUT2D eigenvalue weighted by Crippen LogP contribution is 2.21. The van der Waals surface area contributed by atoms with Crippen molar-refractivity contribution in [2.75, 3.05) is 13.1 Å². The van der Waals surface area contributed by atoms with E-state index in [0.29, 0.717) is 11.8 Å². The smallest absolute Gasteiger partial charge is 0.191 e. The van der Waals surface area contributed by atoms with E-state index in [1.807, 2.05) is 36.3 Å². The van der Waals surface area contributed by atoms with Crippen LogP contribution in [0.4, 0.5) is 0 Å². The van der Waals surface area contributed by atoms with Gasteiger partial charge in [-0.3, -0.25) is 0 Å². The maximum atomic E-state index is 4.74. The quantitative estimate of drug-likeness (QED) is 0.318. The Hall–Kier alpha value is -2.73. The standard InChI is InChI=1S/C23H29N5S/c1-3-24-23(26-16-19(2)29-21-12-8-5-9-13-21)27-17-22-25-14-15-28(22)18-20-10-6-4-7-11-20/h4-15,19H,3,16-18H2,1-2H3,(H2,24,26,27). The lowest BCUT2D eigenvalue weighted by Gasteiger charge is -2.16. The summed E-state index contributed by atoms with van der Waals surface area (Å²) in [6.45, 7) is 7.31. The zero-order chi connectivity index (χ0) is 20.3. The molecule has 0 aliphatic heterocycles. The van der Waals surface area contributed by atoms with Crippen LogP contribution in [0.25, 0.3) is 0 Å². The van der Waals surface area contributed by atoms with Crippen molar-refractivity contribution in [2.24, 2.45) is 4.99 Å². The Balaban J connectivity index is 1.56. The van der Waals surface area contributed by atoms with Gasteiger partial charge >= 0.3 is 0 Å². The highest BCUT2D eigenvalue weighted by Gasteiger charge is 2.07. The molecule has 6 heteroatoms. The van der Waals surface area contributed by atoms with E-state index < -0.39 is 0 Å². The van der Waals surface area contributed by atoms with Crippen molar-refractivity contribution in [3.05, 3.63) is 84.4 Å². The molecule has 1 unspecified atom stereocenters. The van der Waals surface area contributed by atoms with Crippen LogP contribution in [0.5, 0.6) is 0 Å². The zero-order valence-electron chi connectivity index (χ0n) is 17.1. The van der Waals surface area contributed by atoms with Crippen LogP contribution in [0.1, 0.15) is 25.2 Å². The SMILES string of the molecule is CCNC(=NCc1nccn1Cc1ccccc1)NCC(C)Sc1ccccc1. The summed E-state index contributed by atoms with van der Waals surface area (Å²) in [6.07, 6.45) is 3.85. The molecule has 29 heavy (non-hydrogen) atoms. The fourth-order valence-corrected chi connectivity index (χ4v) is 3.87. The number of rotatable bonds is 9. The van der Waals surface area contributed by atoms with Crippen molar-refractivity contribution in [1.29, 1.82) is 0 Å². The first-order valence-electron chi connectivity index (χ1n) is 10.0. The summed E-state index contributed by atoms with van der Waals surface area (Å²) in [4.78, 5) is 10.5. The molecule has 0 bridgehead atoms. The van der Waals surface area contributed by atoms with Gasteiger partial charge in [0.1, 0.15) is 12.4 Å². The summed E-state index contributed by atoms with van der Waals surface area (Å²) in [7, 11) is 0. The highest BCUT2D eigenvalue weighted by atomic mass is 32.2. The Kier molecular flexibility index (Phi) is 8.19. The molecule has 0 radical (unpaired) electrons. The molecule has 0 saturated carbocycles. The monoisotopic (exact) mass is 407 g/mol. The summed E-state index contributed by atoms with van der Waals surface area (Å²) in [5, 5.41) is 7.21. The second-order valence-electron chi connectivity index (χ2n) is 6.77. The minimum atomic E-state index is 0.432. The average molecular weight is 408 g/mol. The Morgan fingerprint density at radius 1 is 1.07 bits per heavy atom. The zero-order valence-corrected chi connectivity index (χ0v) is 17.9. The lowest BCUT2D eigenvalue weighted by atomic mass is 10.2. The fraction of sp³-hybridized carbons (Fsp3) is 0.304. The molecule has 2 N–H and O–H groups in total. The van der Waals surface area contributed by atoms with Crippen molar-refractivity contribution in [3.8, 4) is 0 Å². The molecule has 0 aliphatic carbocycles. The first-order chi connectivity index (χ1) is 14.2. The van der Waals surface area contributed by atoms with Gasteiger partial charge in [0.25, 0.3) is 0 Å². The van der Waals surface area contributed by atoms with E-state index in [1.165, 1.54) is 10.5 Å². The van der Waals surface area contributed by atoms with Gasteiger partial charge in [-0.15, -0.1) is 11.8 Å². The molecular formula is C23H29N5S. The van der Waals surface area contributed by atoms with E-state index in [2.05, 4.69) is 82.6 Å². The third-order valence-electron chi connectivity index (χ3n) is 4.36. The minimum absolute atomic E-state index is 0.432. The normalized spacial score (nSPS) is 12.6. The molecule has 0 aliphatic rings. The summed E-state index contributed by atoms with van der Waals surface area (Å²) in [5.74, 6) is 1.78. The van der Waals surface area contributed by atoms with Gasteiger partial charge < -0.3 is 15.2 Å². The van der Waals surface area contributed by atoms with Gasteiger partial charge in [0.2, 0.25) is 0 Å². The first kappa shape index (κ1) is 21.0. The number of thioether (sulfide) groups is 1. The number of aliphatic imine (C=N–C) groups is 1. The molecule has 0 fully saturated rings. The summed E-state index contributed by atoms with van der Waals surface area (Å²) in [6, 6.07) is 20.9. The largest absolute Gasteiger partial charge is 0.357 e. The van der Waals surface area contributed by atoms with Crippen molar-refractivity contribution in [3.63, 3.8) is 0 Å². The van der Waals surface area contributed by atoms with Gasteiger partial charge in [0.15, 0.2) is 5.96 Å². The maximum absolute atomic E-state index is 4.74. The highest BCUT2D eigenvalue weighted by molar-refractivity contribution is 8.00. The molecule has 0 spiro atoms. The number of imidazole rings is 1. The first-order valence-corrected chi connectivity index (χ1v) is 10.9. The number of benzene rings is 2. The molecule has 2 aromatic carbocycles. The second-order valence-corrected chi connectivity index (χ2v) is 8.29. The van der Waals surface area contributed by atoms with Gasteiger partial charge in [-0.2, -0.15) is 0 Å². The van der Waals surface area contributed by atoms with Crippen LogP contribution in [0.2, 0.25) is 0 Å². The van der Waals surface area contributed by atoms with E-state index in [0.717, 1.165) is 31.4 Å². The molecular weight excluding hydrogens is 378 g/mol. The fourth-order valence-electron chi connectivity index (χ4n) is 2.92. The molecule has 3 aromatic rings. The lowest BCUT2D eigenvalue weighted by molar-refractivity contribution is 0.716. The number of hydrogen-bond donors (Lipinski definition) is 2. The second kappa shape index (κ2) is 11.3. The van der Waals surface area contributed by atoms with Crippen LogP contribution >= 0.6 is 11.8 Å². The van der Waals surface area contributed by atoms with Gasteiger partial charge in [0, 0.05) is 42.2 Å². The number of guanidine groups is 1. The summed E-state index contributed by atoms with van der Waals surface area (Å²) in [5.41, 5.74) is 1.26. The third-order valence-corrected chi connectivity index (χ3v) is 5.47. The molecule has 5 nitrogen and oxygen atoms in total. The molecule has 152 valence electrons. The Labute approximate surface area is 177 Å². The molecule has 3 rings (SSSR count). The summed E-state index contributed by atoms with van der Waals surface area (Å²) < 4.78 is 2.15. The number of aromatic nitrogens is 2. The van der Waals surface area contributed by atoms with E-state index in [-0.39, 0.29) is 0 Å². The van der Waals surface area contributed by atoms with Crippen LogP contribution in [-0.4, -0.2) is 33.9 Å². The van der Waals surface area contributed by atoms with E-state index in [4.69, 9.17) is 4.99 Å². The summed E-state index contributed by atoms with van der Waals surface area (Å²) >= 11 is 1.86. The van der Waals surface area contributed by atoms with Gasteiger partial charge in [-0.25, -0.2) is 9.98 Å². The molecule has 1 heterocycles. The van der Waals surface area contributed by atoms with Gasteiger partial charge in [-0.1, -0.05) is 55.5 Å². The Bertz CT molecular complexity index is 877. The molecule has 1 atom stereocenters. The van der Waals surface area contributed by atoms with Crippen LogP contribution in [0.15, 0.2) is 82.9 Å². The van der Waals surface area contributed by atoms with Crippen molar-refractivity contribution < 1.29 is 0 Å². The third kappa shape index (κ3) is 6.98. The van der Waals surface area contributed by atoms with E-state index in [1.54, 1.807) is 0 Å². The predicted octanol–water partition coefficient (Wildman–Crippen LogP) is 4.17. The number of nitrogens with zero attached hydrogens (tertiary/aromatic N) is 3. The topological polar surface area (TPSA) is 54.2 Å². The Morgan fingerprint density at radius 2 is 1.79 bits per heavy atom. The van der Waals surface area contributed by atoms with Gasteiger partial charge in [0.05, 0.1) is 0 Å². The van der Waals surface area contributed by atoms with Crippen LogP contribution in [-0.2, 0) is 13.1 Å². The van der Waals surface area contributed by atoms with Crippen molar-refractivity contribution in [1.82, 2.24) is 20.2 Å².